The van der Waals surface area contributed by atoms with E-state index in [-0.39, 0.29) is 11.3 Å². The number of sulfone groups is 1. The minimum atomic E-state index is -3.84. The van der Waals surface area contributed by atoms with Crippen molar-refractivity contribution < 1.29 is 21.2 Å². The third-order valence-electron chi connectivity index (χ3n) is 3.64. The topological polar surface area (TPSA) is 86.1 Å². The zero-order valence-electron chi connectivity index (χ0n) is 14.0. The van der Waals surface area contributed by atoms with Gasteiger partial charge in [-0.2, -0.15) is 0 Å². The molecule has 0 radical (unpaired) electrons. The van der Waals surface area contributed by atoms with Crippen LogP contribution in [0.15, 0.2) is 47.9 Å². The number of nitrogens with zero attached hydrogens (tertiary/aromatic N) is 2. The summed E-state index contributed by atoms with van der Waals surface area (Å²) >= 11 is 5.92. The average molecular weight is 429 g/mol. The Morgan fingerprint density at radius 2 is 1.78 bits per heavy atom. The highest BCUT2D eigenvalue weighted by Gasteiger charge is 2.22. The summed E-state index contributed by atoms with van der Waals surface area (Å²) in [7, 11) is -7.65. The highest BCUT2D eigenvalue weighted by molar-refractivity contribution is 7.93. The van der Waals surface area contributed by atoms with Crippen molar-refractivity contribution in [3.05, 3.63) is 70.1 Å². The Morgan fingerprint density at radius 1 is 1.11 bits per heavy atom. The van der Waals surface area contributed by atoms with Gasteiger partial charge < -0.3 is 0 Å². The van der Waals surface area contributed by atoms with Crippen LogP contribution in [0.25, 0.3) is 17.1 Å². The van der Waals surface area contributed by atoms with E-state index in [0.717, 1.165) is 15.6 Å². The molecule has 27 heavy (non-hydrogen) atoms. The van der Waals surface area contributed by atoms with Gasteiger partial charge in [0.05, 0.1) is 17.3 Å². The van der Waals surface area contributed by atoms with Crippen LogP contribution in [-0.2, 0) is 25.6 Å². The van der Waals surface area contributed by atoms with Crippen LogP contribution in [0.3, 0.4) is 0 Å². The van der Waals surface area contributed by atoms with Gasteiger partial charge in [-0.15, -0.1) is 0 Å². The van der Waals surface area contributed by atoms with E-state index in [0.29, 0.717) is 16.1 Å². The van der Waals surface area contributed by atoms with Crippen molar-refractivity contribution in [3.63, 3.8) is 0 Å². The molecule has 3 rings (SSSR count). The Balaban J connectivity index is 2.01. The van der Waals surface area contributed by atoms with E-state index in [9.17, 15) is 21.2 Å². The van der Waals surface area contributed by atoms with E-state index in [1.54, 1.807) is 0 Å². The molecule has 0 aliphatic rings. The van der Waals surface area contributed by atoms with Crippen LogP contribution in [0.2, 0.25) is 5.02 Å². The molecule has 0 aliphatic heterocycles. The molecule has 0 N–H and O–H groups in total. The number of fused-ring (bicyclic) bond motifs is 1. The number of imidazole rings is 1. The van der Waals surface area contributed by atoms with Crippen molar-refractivity contribution in [2.45, 2.75) is 5.75 Å². The second-order valence-corrected chi connectivity index (χ2v) is 10.0. The van der Waals surface area contributed by atoms with Crippen LogP contribution >= 0.6 is 11.6 Å². The molecule has 0 atom stereocenters. The monoisotopic (exact) mass is 428 g/mol. The van der Waals surface area contributed by atoms with Gasteiger partial charge in [-0.25, -0.2) is 30.2 Å². The standard InChI is InChI=1S/C17H14ClFN2O4S2/c1-26(22,23)21-16-10-13(18)4-7-15(16)20-17(21)11-27(24,25)9-8-12-2-5-14(19)6-3-12/h2-10H,11H2,1H3/b9-8+. The lowest BCUT2D eigenvalue weighted by molar-refractivity contribution is 0.591. The quantitative estimate of drug-likeness (QED) is 0.622. The van der Waals surface area contributed by atoms with Crippen molar-refractivity contribution in [1.29, 1.82) is 0 Å². The fourth-order valence-electron chi connectivity index (χ4n) is 2.52. The van der Waals surface area contributed by atoms with Gasteiger partial charge in [0.25, 0.3) is 0 Å². The van der Waals surface area contributed by atoms with E-state index in [1.807, 2.05) is 0 Å². The maximum absolute atomic E-state index is 12.9. The highest BCUT2D eigenvalue weighted by atomic mass is 35.5. The second kappa shape index (κ2) is 7.06. The van der Waals surface area contributed by atoms with Crippen molar-refractivity contribution >= 4 is 48.6 Å². The van der Waals surface area contributed by atoms with Crippen molar-refractivity contribution in [3.8, 4) is 0 Å². The first-order valence-electron chi connectivity index (χ1n) is 7.59. The first-order chi connectivity index (χ1) is 12.5. The normalized spacial score (nSPS) is 12.9. The number of hydrogen-bond donors (Lipinski definition) is 0. The molecule has 0 spiro atoms. The fourth-order valence-corrected chi connectivity index (χ4v) is 4.78. The van der Waals surface area contributed by atoms with Gasteiger partial charge in [-0.3, -0.25) is 0 Å². The van der Waals surface area contributed by atoms with Crippen LogP contribution in [0.1, 0.15) is 11.4 Å². The third kappa shape index (κ3) is 4.55. The molecule has 142 valence electrons. The Kier molecular flexibility index (Phi) is 5.11. The summed E-state index contributed by atoms with van der Waals surface area (Å²) in [6.07, 6.45) is 2.26. The average Bonchev–Trinajstić information content (AvgIpc) is 2.90. The molecule has 0 unspecified atom stereocenters. The SMILES string of the molecule is CS(=O)(=O)n1c(CS(=O)(=O)/C=C/c2ccc(F)cc2)nc2ccc(Cl)cc21. The maximum Gasteiger partial charge on any atom is 0.237 e. The summed E-state index contributed by atoms with van der Waals surface area (Å²) in [5.74, 6) is -1.20. The molecule has 0 saturated carbocycles. The van der Waals surface area contributed by atoms with Gasteiger partial charge in [-0.05, 0) is 42.0 Å². The lowest BCUT2D eigenvalue weighted by Crippen LogP contribution is -2.16. The number of rotatable bonds is 5. The summed E-state index contributed by atoms with van der Waals surface area (Å²) in [6, 6.07) is 9.73. The zero-order valence-corrected chi connectivity index (χ0v) is 16.4. The largest absolute Gasteiger partial charge is 0.237 e. The molecule has 10 heteroatoms. The fraction of sp³-hybridized carbons (Fsp3) is 0.118. The van der Waals surface area contributed by atoms with Gasteiger partial charge >= 0.3 is 0 Å². The number of hydrogen-bond acceptors (Lipinski definition) is 5. The third-order valence-corrected chi connectivity index (χ3v) is 6.16. The minimum Gasteiger partial charge on any atom is -0.231 e. The van der Waals surface area contributed by atoms with Crippen LogP contribution in [0.4, 0.5) is 4.39 Å². The van der Waals surface area contributed by atoms with Crippen LogP contribution in [0, 0.1) is 5.82 Å². The molecule has 2 aromatic carbocycles. The minimum absolute atomic E-state index is 0.140. The van der Waals surface area contributed by atoms with Crippen molar-refractivity contribution in [2.75, 3.05) is 6.26 Å². The Bertz CT molecular complexity index is 1250. The van der Waals surface area contributed by atoms with Crippen LogP contribution in [-0.4, -0.2) is 32.0 Å². The van der Waals surface area contributed by atoms with Gasteiger partial charge in [0.2, 0.25) is 10.0 Å². The summed E-state index contributed by atoms with van der Waals surface area (Å²) in [5, 5.41) is 1.25. The molecule has 0 aliphatic carbocycles. The number of aromatic nitrogens is 2. The Morgan fingerprint density at radius 3 is 2.41 bits per heavy atom. The summed E-state index contributed by atoms with van der Waals surface area (Å²) in [5.41, 5.74) is 1.01. The highest BCUT2D eigenvalue weighted by Crippen LogP contribution is 2.23. The van der Waals surface area contributed by atoms with Crippen molar-refractivity contribution in [1.82, 2.24) is 8.96 Å². The molecule has 1 aromatic heterocycles. The molecule has 6 nitrogen and oxygen atoms in total. The van der Waals surface area contributed by atoms with E-state index in [2.05, 4.69) is 4.98 Å². The molecule has 0 amide bonds. The first kappa shape index (κ1) is 19.5. The van der Waals surface area contributed by atoms with Gasteiger partial charge in [-0.1, -0.05) is 23.7 Å². The van der Waals surface area contributed by atoms with E-state index in [1.165, 1.54) is 48.5 Å². The summed E-state index contributed by atoms with van der Waals surface area (Å²) < 4.78 is 63.0. The van der Waals surface area contributed by atoms with E-state index < -0.39 is 31.4 Å². The summed E-state index contributed by atoms with van der Waals surface area (Å²) in [6.45, 7) is 0. The second-order valence-electron chi connectivity index (χ2n) is 5.85. The number of benzene rings is 2. The molecule has 1 heterocycles. The van der Waals surface area contributed by atoms with Gasteiger partial charge in [0.15, 0.2) is 9.84 Å². The molecule has 0 fully saturated rings. The Hall–Kier alpha value is -2.23. The first-order valence-corrected chi connectivity index (χ1v) is 11.5. The molecular weight excluding hydrogens is 415 g/mol. The number of halogens is 2. The molecule has 3 aromatic rings. The van der Waals surface area contributed by atoms with E-state index in [4.69, 9.17) is 11.6 Å². The zero-order chi connectivity index (χ0) is 19.8. The van der Waals surface area contributed by atoms with Gasteiger partial charge in [0, 0.05) is 10.4 Å². The lowest BCUT2D eigenvalue weighted by atomic mass is 10.2. The lowest BCUT2D eigenvalue weighted by Gasteiger charge is -2.06. The van der Waals surface area contributed by atoms with Crippen LogP contribution < -0.4 is 0 Å². The predicted molar refractivity (Wildman–Crippen MR) is 103 cm³/mol. The maximum atomic E-state index is 12.9. The van der Waals surface area contributed by atoms with E-state index >= 15 is 0 Å². The van der Waals surface area contributed by atoms with Gasteiger partial charge in [0.1, 0.15) is 17.4 Å². The smallest absolute Gasteiger partial charge is 0.231 e. The summed E-state index contributed by atoms with van der Waals surface area (Å²) in [4.78, 5) is 4.13. The molecule has 0 saturated heterocycles. The Labute approximate surface area is 160 Å². The van der Waals surface area contributed by atoms with Crippen molar-refractivity contribution in [2.24, 2.45) is 0 Å². The molecule has 0 bridgehead atoms. The molecular formula is C17H14ClFN2O4S2. The predicted octanol–water partition coefficient (Wildman–Crippen LogP) is 3.22. The van der Waals surface area contributed by atoms with Crippen LogP contribution in [0.5, 0.6) is 0 Å².